The van der Waals surface area contributed by atoms with Crippen LogP contribution in [-0.4, -0.2) is 54.4 Å². The molecular formula is C20H31N3O3. The first-order valence-electron chi connectivity index (χ1n) is 9.71. The van der Waals surface area contributed by atoms with Gasteiger partial charge in [0.1, 0.15) is 0 Å². The van der Waals surface area contributed by atoms with Gasteiger partial charge in [-0.25, -0.2) is 0 Å². The molecule has 3 rings (SSSR count). The molecule has 2 heterocycles. The summed E-state index contributed by atoms with van der Waals surface area (Å²) in [6.45, 7) is 4.71. The second kappa shape index (κ2) is 9.46. The van der Waals surface area contributed by atoms with E-state index in [2.05, 4.69) is 34.5 Å². The number of amides is 1. The van der Waals surface area contributed by atoms with Crippen LogP contribution in [0.2, 0.25) is 0 Å². The average molecular weight is 361 g/mol. The van der Waals surface area contributed by atoms with Gasteiger partial charge in [0.15, 0.2) is 0 Å². The van der Waals surface area contributed by atoms with Crippen molar-refractivity contribution >= 4 is 5.91 Å². The Kier molecular flexibility index (Phi) is 7.02. The summed E-state index contributed by atoms with van der Waals surface area (Å²) in [5.74, 6) is 0.141. The molecule has 2 fully saturated rings. The van der Waals surface area contributed by atoms with Crippen LogP contribution in [0.5, 0.6) is 0 Å². The van der Waals surface area contributed by atoms with Crippen LogP contribution in [-0.2, 0) is 22.6 Å². The molecule has 0 saturated carbocycles. The number of aliphatic hydroxyl groups excluding tert-OH is 1. The van der Waals surface area contributed by atoms with Crippen molar-refractivity contribution in [2.24, 2.45) is 11.7 Å². The Bertz CT molecular complexity index is 564. The van der Waals surface area contributed by atoms with Gasteiger partial charge in [-0.1, -0.05) is 24.3 Å². The Labute approximate surface area is 155 Å². The van der Waals surface area contributed by atoms with Gasteiger partial charge in [0, 0.05) is 39.4 Å². The molecule has 2 saturated heterocycles. The summed E-state index contributed by atoms with van der Waals surface area (Å²) in [7, 11) is 0. The Morgan fingerprint density at radius 2 is 1.77 bits per heavy atom. The highest BCUT2D eigenvalue weighted by atomic mass is 16.5. The van der Waals surface area contributed by atoms with E-state index in [0.717, 1.165) is 50.9 Å². The molecule has 0 radical (unpaired) electrons. The predicted molar refractivity (Wildman–Crippen MR) is 100 cm³/mol. The summed E-state index contributed by atoms with van der Waals surface area (Å²) in [5, 5.41) is 12.5. The molecule has 26 heavy (non-hydrogen) atoms. The number of carbonyl (C=O) groups is 1. The predicted octanol–water partition coefficient (Wildman–Crippen LogP) is 1.01. The summed E-state index contributed by atoms with van der Waals surface area (Å²) in [6.07, 6.45) is 3.30. The number of likely N-dealkylation sites (tertiary alicyclic amines) is 1. The molecule has 4 N–H and O–H groups in total. The summed E-state index contributed by atoms with van der Waals surface area (Å²) < 4.78 is 5.33. The Morgan fingerprint density at radius 1 is 1.15 bits per heavy atom. The number of ether oxygens (including phenoxy) is 1. The summed E-state index contributed by atoms with van der Waals surface area (Å²) in [6, 6.07) is 7.91. The molecule has 1 aromatic rings. The minimum absolute atomic E-state index is 0.0761. The maximum absolute atomic E-state index is 12.3. The molecule has 0 spiro atoms. The fourth-order valence-electron chi connectivity index (χ4n) is 3.69. The first-order valence-corrected chi connectivity index (χ1v) is 9.71. The number of hydrogen-bond acceptors (Lipinski definition) is 5. The number of nitrogens with zero attached hydrogens (tertiary/aromatic N) is 1. The molecule has 1 aromatic carbocycles. The van der Waals surface area contributed by atoms with E-state index in [4.69, 9.17) is 10.5 Å². The first kappa shape index (κ1) is 19.3. The van der Waals surface area contributed by atoms with Gasteiger partial charge in [0.2, 0.25) is 5.91 Å². The fraction of sp³-hybridized carbons (Fsp3) is 0.650. The molecule has 2 aliphatic rings. The van der Waals surface area contributed by atoms with Gasteiger partial charge in [-0.3, -0.25) is 9.69 Å². The molecule has 6 nitrogen and oxygen atoms in total. The lowest BCUT2D eigenvalue weighted by Gasteiger charge is -2.29. The largest absolute Gasteiger partial charge is 0.393 e. The monoisotopic (exact) mass is 361 g/mol. The maximum Gasteiger partial charge on any atom is 0.237 e. The van der Waals surface area contributed by atoms with Crippen molar-refractivity contribution in [1.82, 2.24) is 10.2 Å². The normalized spacial score (nSPS) is 21.5. The number of piperidine rings is 1. The van der Waals surface area contributed by atoms with E-state index < -0.39 is 6.04 Å². The zero-order valence-electron chi connectivity index (χ0n) is 15.4. The number of rotatable bonds is 6. The molecule has 0 aromatic heterocycles. The number of nitrogens with one attached hydrogen (secondary N) is 1. The number of hydrogen-bond donors (Lipinski definition) is 3. The lowest BCUT2D eigenvalue weighted by molar-refractivity contribution is -0.124. The van der Waals surface area contributed by atoms with Crippen LogP contribution in [0.4, 0.5) is 0 Å². The lowest BCUT2D eigenvalue weighted by atomic mass is 9.92. The zero-order chi connectivity index (χ0) is 18.4. The highest BCUT2D eigenvalue weighted by Crippen LogP contribution is 2.18. The third kappa shape index (κ3) is 5.51. The fourth-order valence-corrected chi connectivity index (χ4v) is 3.69. The quantitative estimate of drug-likeness (QED) is 0.704. The standard InChI is InChI=1S/C20H31N3O3/c21-19(17-7-11-26-12-8-17)20(25)22-13-15-1-3-16(4-2-15)14-23-9-5-18(24)6-10-23/h1-4,17-19,24H,5-14,21H2,(H,22,25). The molecule has 6 heteroatoms. The van der Waals surface area contributed by atoms with Gasteiger partial charge >= 0.3 is 0 Å². The Morgan fingerprint density at radius 3 is 2.42 bits per heavy atom. The number of carbonyl (C=O) groups excluding carboxylic acids is 1. The van der Waals surface area contributed by atoms with Gasteiger partial charge in [-0.05, 0) is 42.7 Å². The highest BCUT2D eigenvalue weighted by Gasteiger charge is 2.26. The molecule has 2 aliphatic heterocycles. The van der Waals surface area contributed by atoms with E-state index in [1.165, 1.54) is 5.56 Å². The van der Waals surface area contributed by atoms with Crippen molar-refractivity contribution in [2.45, 2.75) is 50.9 Å². The average Bonchev–Trinajstić information content (AvgIpc) is 2.69. The van der Waals surface area contributed by atoms with Gasteiger partial charge < -0.3 is 20.9 Å². The molecule has 0 bridgehead atoms. The molecule has 1 atom stereocenters. The van der Waals surface area contributed by atoms with Crippen LogP contribution in [0.25, 0.3) is 0 Å². The second-order valence-electron chi connectivity index (χ2n) is 7.52. The Balaban J connectivity index is 1.43. The number of aliphatic hydroxyl groups is 1. The van der Waals surface area contributed by atoms with Gasteiger partial charge in [0.05, 0.1) is 12.1 Å². The molecule has 0 aliphatic carbocycles. The van der Waals surface area contributed by atoms with E-state index >= 15 is 0 Å². The second-order valence-corrected chi connectivity index (χ2v) is 7.52. The molecule has 1 unspecified atom stereocenters. The van der Waals surface area contributed by atoms with Gasteiger partial charge in [-0.2, -0.15) is 0 Å². The van der Waals surface area contributed by atoms with Crippen LogP contribution in [0.1, 0.15) is 36.8 Å². The van der Waals surface area contributed by atoms with Crippen molar-refractivity contribution in [3.05, 3.63) is 35.4 Å². The molecule has 1 amide bonds. The zero-order valence-corrected chi connectivity index (χ0v) is 15.4. The Hall–Kier alpha value is -1.47. The minimum atomic E-state index is -0.451. The van der Waals surface area contributed by atoms with E-state index in [0.29, 0.717) is 19.8 Å². The van der Waals surface area contributed by atoms with Crippen LogP contribution >= 0.6 is 0 Å². The van der Waals surface area contributed by atoms with Crippen LogP contribution < -0.4 is 11.1 Å². The van der Waals surface area contributed by atoms with Crippen LogP contribution in [0.15, 0.2) is 24.3 Å². The molecular weight excluding hydrogens is 330 g/mol. The topological polar surface area (TPSA) is 87.8 Å². The van der Waals surface area contributed by atoms with Crippen molar-refractivity contribution in [1.29, 1.82) is 0 Å². The lowest BCUT2D eigenvalue weighted by Crippen LogP contribution is -2.46. The van der Waals surface area contributed by atoms with Crippen molar-refractivity contribution < 1.29 is 14.6 Å². The van der Waals surface area contributed by atoms with Crippen LogP contribution in [0, 0.1) is 5.92 Å². The number of nitrogens with two attached hydrogens (primary N) is 1. The van der Waals surface area contributed by atoms with Crippen molar-refractivity contribution in [2.75, 3.05) is 26.3 Å². The third-order valence-corrected chi connectivity index (χ3v) is 5.53. The smallest absolute Gasteiger partial charge is 0.237 e. The SMILES string of the molecule is NC(C(=O)NCc1ccc(CN2CCC(O)CC2)cc1)C1CCOCC1. The van der Waals surface area contributed by atoms with Crippen molar-refractivity contribution in [3.63, 3.8) is 0 Å². The summed E-state index contributed by atoms with van der Waals surface area (Å²) >= 11 is 0. The van der Waals surface area contributed by atoms with E-state index in [-0.39, 0.29) is 17.9 Å². The highest BCUT2D eigenvalue weighted by molar-refractivity contribution is 5.81. The van der Waals surface area contributed by atoms with Gasteiger partial charge in [-0.15, -0.1) is 0 Å². The molecule has 144 valence electrons. The van der Waals surface area contributed by atoms with E-state index in [1.54, 1.807) is 0 Å². The summed E-state index contributed by atoms with van der Waals surface area (Å²) in [5.41, 5.74) is 8.44. The maximum atomic E-state index is 12.3. The number of benzene rings is 1. The first-order chi connectivity index (χ1) is 12.6. The minimum Gasteiger partial charge on any atom is -0.393 e. The van der Waals surface area contributed by atoms with E-state index in [9.17, 15) is 9.90 Å². The van der Waals surface area contributed by atoms with Gasteiger partial charge in [0.25, 0.3) is 0 Å². The van der Waals surface area contributed by atoms with Crippen LogP contribution in [0.3, 0.4) is 0 Å². The van der Waals surface area contributed by atoms with Crippen molar-refractivity contribution in [3.8, 4) is 0 Å². The third-order valence-electron chi connectivity index (χ3n) is 5.53. The van der Waals surface area contributed by atoms with E-state index in [1.807, 2.05) is 0 Å². The summed E-state index contributed by atoms with van der Waals surface area (Å²) in [4.78, 5) is 14.6.